The molecule has 102 valence electrons. The fraction of sp³-hybridized carbons (Fsp3) is 0.500. The number of nitrogens with zero attached hydrogens (tertiary/aromatic N) is 3. The van der Waals surface area contributed by atoms with Gasteiger partial charge in [0.2, 0.25) is 11.7 Å². The first kappa shape index (κ1) is 13.7. The van der Waals surface area contributed by atoms with Crippen LogP contribution >= 0.6 is 0 Å². The first-order valence-corrected chi connectivity index (χ1v) is 6.65. The molecule has 0 aromatic carbocycles. The van der Waals surface area contributed by atoms with Gasteiger partial charge in [-0.3, -0.25) is 4.98 Å². The lowest BCUT2D eigenvalue weighted by Crippen LogP contribution is -2.23. The standard InChI is InChI=1S/C14H20N4O/c1-10(2)15-8-5-7-12-17-14(18-19-12)13-11(3)6-4-9-16-13/h4,6,9-10,15H,5,7-8H2,1-3H3. The molecular weight excluding hydrogens is 240 g/mol. The Balaban J connectivity index is 1.94. The number of hydrogen-bond acceptors (Lipinski definition) is 5. The number of aryl methyl sites for hydroxylation is 2. The van der Waals surface area contributed by atoms with Gasteiger partial charge in [0, 0.05) is 18.7 Å². The van der Waals surface area contributed by atoms with Crippen molar-refractivity contribution in [3.63, 3.8) is 0 Å². The molecule has 0 aliphatic rings. The Morgan fingerprint density at radius 3 is 2.95 bits per heavy atom. The van der Waals surface area contributed by atoms with Crippen LogP contribution in [0, 0.1) is 6.92 Å². The van der Waals surface area contributed by atoms with Crippen molar-refractivity contribution < 1.29 is 4.52 Å². The Hall–Kier alpha value is -1.75. The molecule has 0 unspecified atom stereocenters. The molecule has 0 atom stereocenters. The molecule has 5 nitrogen and oxygen atoms in total. The molecule has 19 heavy (non-hydrogen) atoms. The van der Waals surface area contributed by atoms with Crippen molar-refractivity contribution in [1.82, 2.24) is 20.4 Å². The van der Waals surface area contributed by atoms with Crippen molar-refractivity contribution in [3.8, 4) is 11.5 Å². The Bertz CT molecular complexity index is 522. The summed E-state index contributed by atoms with van der Waals surface area (Å²) in [6, 6.07) is 4.40. The monoisotopic (exact) mass is 260 g/mol. The van der Waals surface area contributed by atoms with Crippen LogP contribution < -0.4 is 5.32 Å². The summed E-state index contributed by atoms with van der Waals surface area (Å²) < 4.78 is 5.25. The van der Waals surface area contributed by atoms with E-state index in [2.05, 4.69) is 34.3 Å². The molecule has 2 heterocycles. The van der Waals surface area contributed by atoms with Gasteiger partial charge >= 0.3 is 0 Å². The molecule has 0 bridgehead atoms. The molecule has 0 amide bonds. The minimum absolute atomic E-state index is 0.509. The molecule has 0 saturated heterocycles. The molecule has 0 aliphatic heterocycles. The zero-order valence-electron chi connectivity index (χ0n) is 11.7. The van der Waals surface area contributed by atoms with Crippen LogP contribution in [-0.4, -0.2) is 27.7 Å². The maximum absolute atomic E-state index is 5.25. The summed E-state index contributed by atoms with van der Waals surface area (Å²) in [6.45, 7) is 7.21. The average Bonchev–Trinajstić information content (AvgIpc) is 2.83. The maximum atomic E-state index is 5.25. The van der Waals surface area contributed by atoms with Crippen molar-refractivity contribution in [2.24, 2.45) is 0 Å². The van der Waals surface area contributed by atoms with E-state index in [0.717, 1.165) is 30.6 Å². The normalized spacial score (nSPS) is 11.2. The highest BCUT2D eigenvalue weighted by Gasteiger charge is 2.11. The van der Waals surface area contributed by atoms with Crippen LogP contribution in [0.2, 0.25) is 0 Å². The number of hydrogen-bond donors (Lipinski definition) is 1. The van der Waals surface area contributed by atoms with Gasteiger partial charge < -0.3 is 9.84 Å². The molecule has 0 saturated carbocycles. The fourth-order valence-electron chi connectivity index (χ4n) is 1.80. The van der Waals surface area contributed by atoms with E-state index in [0.29, 0.717) is 17.8 Å². The predicted octanol–water partition coefficient (Wildman–Crippen LogP) is 2.37. The Kier molecular flexibility index (Phi) is 4.63. The molecule has 2 aromatic heterocycles. The molecule has 1 N–H and O–H groups in total. The third-order valence-electron chi connectivity index (χ3n) is 2.81. The maximum Gasteiger partial charge on any atom is 0.227 e. The van der Waals surface area contributed by atoms with Gasteiger partial charge in [-0.1, -0.05) is 25.1 Å². The van der Waals surface area contributed by atoms with Gasteiger partial charge in [-0.2, -0.15) is 4.98 Å². The lowest BCUT2D eigenvalue weighted by Gasteiger charge is -2.05. The van der Waals surface area contributed by atoms with Gasteiger partial charge in [0.1, 0.15) is 5.69 Å². The molecule has 0 radical (unpaired) electrons. The predicted molar refractivity (Wildman–Crippen MR) is 73.7 cm³/mol. The van der Waals surface area contributed by atoms with Gasteiger partial charge in [0.25, 0.3) is 0 Å². The van der Waals surface area contributed by atoms with E-state index >= 15 is 0 Å². The van der Waals surface area contributed by atoms with Crippen LogP contribution in [0.15, 0.2) is 22.9 Å². The van der Waals surface area contributed by atoms with Crippen LogP contribution in [0.1, 0.15) is 31.7 Å². The van der Waals surface area contributed by atoms with Gasteiger partial charge in [-0.25, -0.2) is 0 Å². The smallest absolute Gasteiger partial charge is 0.227 e. The molecule has 0 aliphatic carbocycles. The minimum Gasteiger partial charge on any atom is -0.339 e. The van der Waals surface area contributed by atoms with E-state index in [4.69, 9.17) is 4.52 Å². The number of rotatable bonds is 6. The van der Waals surface area contributed by atoms with Crippen molar-refractivity contribution in [3.05, 3.63) is 29.8 Å². The summed E-state index contributed by atoms with van der Waals surface area (Å²) in [7, 11) is 0. The first-order valence-electron chi connectivity index (χ1n) is 6.65. The van der Waals surface area contributed by atoms with Crippen LogP contribution in [0.4, 0.5) is 0 Å². The van der Waals surface area contributed by atoms with E-state index in [1.54, 1.807) is 6.20 Å². The molecular formula is C14H20N4O. The molecule has 2 rings (SSSR count). The zero-order chi connectivity index (χ0) is 13.7. The summed E-state index contributed by atoms with van der Waals surface area (Å²) in [4.78, 5) is 8.67. The lowest BCUT2D eigenvalue weighted by atomic mass is 10.2. The Morgan fingerprint density at radius 2 is 2.21 bits per heavy atom. The second-order valence-electron chi connectivity index (χ2n) is 4.89. The number of pyridine rings is 1. The Labute approximate surface area is 113 Å². The second-order valence-corrected chi connectivity index (χ2v) is 4.89. The van der Waals surface area contributed by atoms with Crippen LogP contribution in [0.25, 0.3) is 11.5 Å². The van der Waals surface area contributed by atoms with Crippen molar-refractivity contribution in [2.75, 3.05) is 6.54 Å². The van der Waals surface area contributed by atoms with Gasteiger partial charge in [0.05, 0.1) is 0 Å². The molecule has 5 heteroatoms. The number of nitrogens with one attached hydrogen (secondary N) is 1. The third kappa shape index (κ3) is 3.86. The third-order valence-corrected chi connectivity index (χ3v) is 2.81. The molecule has 0 fully saturated rings. The SMILES string of the molecule is Cc1cccnc1-c1noc(CCCNC(C)C)n1. The average molecular weight is 260 g/mol. The van der Waals surface area contributed by atoms with E-state index < -0.39 is 0 Å². The lowest BCUT2D eigenvalue weighted by molar-refractivity contribution is 0.374. The summed E-state index contributed by atoms with van der Waals surface area (Å²) in [5, 5.41) is 7.35. The summed E-state index contributed by atoms with van der Waals surface area (Å²) in [5.74, 6) is 1.25. The Morgan fingerprint density at radius 1 is 1.37 bits per heavy atom. The minimum atomic E-state index is 0.509. The van der Waals surface area contributed by atoms with Crippen LogP contribution in [-0.2, 0) is 6.42 Å². The van der Waals surface area contributed by atoms with E-state index in [-0.39, 0.29) is 0 Å². The second kappa shape index (κ2) is 6.43. The van der Waals surface area contributed by atoms with Crippen molar-refractivity contribution in [2.45, 2.75) is 39.7 Å². The topological polar surface area (TPSA) is 63.8 Å². The van der Waals surface area contributed by atoms with E-state index in [9.17, 15) is 0 Å². The van der Waals surface area contributed by atoms with Crippen molar-refractivity contribution in [1.29, 1.82) is 0 Å². The largest absolute Gasteiger partial charge is 0.339 e. The van der Waals surface area contributed by atoms with E-state index in [1.165, 1.54) is 0 Å². The fourth-order valence-corrected chi connectivity index (χ4v) is 1.80. The highest BCUT2D eigenvalue weighted by atomic mass is 16.5. The summed E-state index contributed by atoms with van der Waals surface area (Å²) >= 11 is 0. The highest BCUT2D eigenvalue weighted by Crippen LogP contribution is 2.17. The van der Waals surface area contributed by atoms with Crippen LogP contribution in [0.5, 0.6) is 0 Å². The highest BCUT2D eigenvalue weighted by molar-refractivity contribution is 5.52. The zero-order valence-corrected chi connectivity index (χ0v) is 11.7. The van der Waals surface area contributed by atoms with Gasteiger partial charge in [0.15, 0.2) is 0 Å². The van der Waals surface area contributed by atoms with Crippen LogP contribution in [0.3, 0.4) is 0 Å². The summed E-state index contributed by atoms with van der Waals surface area (Å²) in [5.41, 5.74) is 1.84. The quantitative estimate of drug-likeness (QED) is 0.808. The van der Waals surface area contributed by atoms with Gasteiger partial charge in [-0.15, -0.1) is 0 Å². The van der Waals surface area contributed by atoms with Crippen molar-refractivity contribution >= 4 is 0 Å². The van der Waals surface area contributed by atoms with E-state index in [1.807, 2.05) is 19.1 Å². The molecule has 2 aromatic rings. The van der Waals surface area contributed by atoms with Gasteiger partial charge in [-0.05, 0) is 31.5 Å². The first-order chi connectivity index (χ1) is 9.16. The number of aromatic nitrogens is 3. The summed E-state index contributed by atoms with van der Waals surface area (Å²) in [6.07, 6.45) is 3.52. The molecule has 0 spiro atoms.